The maximum atomic E-state index is 13.4. The lowest BCUT2D eigenvalue weighted by molar-refractivity contribution is -0.136. The molecule has 6 aliphatic heterocycles. The molecule has 0 radical (unpaired) electrons. The zero-order chi connectivity index (χ0) is 40.6. The van der Waals surface area contributed by atoms with Crippen molar-refractivity contribution in [1.29, 1.82) is 0 Å². The lowest BCUT2D eigenvalue weighted by Crippen LogP contribution is -2.61. The zero-order valence-electron chi connectivity index (χ0n) is 34.1. The summed E-state index contributed by atoms with van der Waals surface area (Å²) in [5, 5.41) is 3.80. The first-order valence-corrected chi connectivity index (χ1v) is 21.1. The minimum Gasteiger partial charge on any atom is -0.496 e. The number of rotatable bonds is 10. The van der Waals surface area contributed by atoms with Crippen molar-refractivity contribution >= 4 is 40.0 Å². The van der Waals surface area contributed by atoms with Gasteiger partial charge in [-0.3, -0.25) is 29.4 Å². The van der Waals surface area contributed by atoms with Crippen LogP contribution in [0, 0.1) is 11.3 Å². The molecule has 5 fully saturated rings. The van der Waals surface area contributed by atoms with Crippen molar-refractivity contribution in [2.75, 3.05) is 76.4 Å². The molecule has 3 amide bonds. The Kier molecular flexibility index (Phi) is 9.39. The Balaban J connectivity index is 0.730. The highest BCUT2D eigenvalue weighted by Gasteiger charge is 2.46. The molecule has 1 unspecified atom stereocenters. The number of pyridine rings is 2. The highest BCUT2D eigenvalue weighted by Crippen LogP contribution is 2.44. The molecule has 2 atom stereocenters. The number of aromatic nitrogens is 2. The smallest absolute Gasteiger partial charge is 0.257 e. The number of hydrogen-bond acceptors (Lipinski definition) is 11. The van der Waals surface area contributed by atoms with E-state index >= 15 is 0 Å². The van der Waals surface area contributed by atoms with Crippen LogP contribution in [0.1, 0.15) is 60.5 Å². The van der Waals surface area contributed by atoms with Crippen LogP contribution in [0.15, 0.2) is 53.6 Å². The monoisotopic (exact) mass is 800 g/mol. The molecule has 6 aliphatic rings. The Morgan fingerprint density at radius 1 is 0.864 bits per heavy atom. The van der Waals surface area contributed by atoms with Gasteiger partial charge in [-0.2, -0.15) is 0 Å². The molecule has 10 rings (SSSR count). The number of H-pyrrole nitrogens is 1. The standard InChI is InChI=1S/C45H52N8O6/c1-27-8-11-52(27)40-17-33-34(18-47-42(55)35(33)19-46-40)30-14-38(58-2)36(39(15-30)59-3)24-50-21-28(22-50)20-49-12-9-45(10-13-49)25-51(26-45)31-5-4-29-23-53(44(57)32(29)16-31)37-6-7-41(54)48-43(37)56/h4-5,14-19,27-28,37H,6-13,20-26H2,1-3H3,(H,47,55)(H,48,54,56)/t27-,37?/m0/s1. The van der Waals surface area contributed by atoms with E-state index in [1.165, 1.54) is 12.8 Å². The van der Waals surface area contributed by atoms with Crippen LogP contribution in [-0.2, 0) is 22.7 Å². The Hall–Kier alpha value is -5.47. The molecule has 4 aromatic rings. The fourth-order valence-electron chi connectivity index (χ4n) is 10.4. The van der Waals surface area contributed by atoms with Crippen LogP contribution < -0.4 is 30.1 Å². The number of anilines is 2. The number of imide groups is 1. The number of hydrogen-bond donors (Lipinski definition) is 2. The summed E-state index contributed by atoms with van der Waals surface area (Å²) >= 11 is 0. The van der Waals surface area contributed by atoms with E-state index in [1.807, 2.05) is 18.2 Å². The van der Waals surface area contributed by atoms with Crippen LogP contribution in [0.2, 0.25) is 0 Å². The Labute approximate surface area is 343 Å². The topological polar surface area (TPSA) is 144 Å². The van der Waals surface area contributed by atoms with Crippen molar-refractivity contribution in [3.8, 4) is 22.6 Å². The van der Waals surface area contributed by atoms with Crippen LogP contribution in [0.4, 0.5) is 11.5 Å². The third-order valence-corrected chi connectivity index (χ3v) is 14.1. The number of nitrogens with zero attached hydrogens (tertiary/aromatic N) is 6. The highest BCUT2D eigenvalue weighted by molar-refractivity contribution is 6.05. The molecule has 1 spiro atoms. The molecule has 0 bridgehead atoms. The summed E-state index contributed by atoms with van der Waals surface area (Å²) in [7, 11) is 3.41. The highest BCUT2D eigenvalue weighted by atomic mass is 16.5. The van der Waals surface area contributed by atoms with E-state index in [2.05, 4.69) is 60.0 Å². The fraction of sp³-hybridized carbons (Fsp3) is 0.489. The van der Waals surface area contributed by atoms with Gasteiger partial charge in [0.15, 0.2) is 0 Å². The van der Waals surface area contributed by atoms with Gasteiger partial charge in [0.05, 0.1) is 25.2 Å². The molecule has 59 heavy (non-hydrogen) atoms. The van der Waals surface area contributed by atoms with Crippen molar-refractivity contribution in [2.24, 2.45) is 11.3 Å². The molecule has 308 valence electrons. The number of carbonyl (C=O) groups excluding carboxylic acids is 3. The molecule has 14 nitrogen and oxygen atoms in total. The molecule has 14 heteroatoms. The summed E-state index contributed by atoms with van der Waals surface area (Å²) < 4.78 is 12.0. The van der Waals surface area contributed by atoms with Crippen molar-refractivity contribution in [1.82, 2.24) is 30.0 Å². The second kappa shape index (κ2) is 14.7. The van der Waals surface area contributed by atoms with Gasteiger partial charge in [0.1, 0.15) is 23.4 Å². The number of aromatic amines is 1. The van der Waals surface area contributed by atoms with Gasteiger partial charge in [0.2, 0.25) is 11.8 Å². The number of ether oxygens (including phenoxy) is 2. The molecule has 0 aliphatic carbocycles. The van der Waals surface area contributed by atoms with Crippen molar-refractivity contribution < 1.29 is 23.9 Å². The average molecular weight is 801 g/mol. The van der Waals surface area contributed by atoms with Gasteiger partial charge in [-0.25, -0.2) is 4.98 Å². The first kappa shape index (κ1) is 37.8. The van der Waals surface area contributed by atoms with Crippen LogP contribution in [0.3, 0.4) is 0 Å². The summed E-state index contributed by atoms with van der Waals surface area (Å²) in [5.41, 5.74) is 5.69. The SMILES string of the molecule is COc1cc(-c2c[nH]c(=O)c3cnc(N4CC[C@@H]4C)cc23)cc(OC)c1CN1CC(CN2CCC3(CC2)CN(c2ccc4c(c2)C(=O)N(C2CCC(=O)NC2=O)C4)C3)C1. The molecule has 2 aromatic carbocycles. The first-order valence-electron chi connectivity index (χ1n) is 21.1. The van der Waals surface area contributed by atoms with Crippen molar-refractivity contribution in [2.45, 2.75) is 64.2 Å². The van der Waals surface area contributed by atoms with Crippen LogP contribution in [0.5, 0.6) is 11.5 Å². The van der Waals surface area contributed by atoms with Crippen molar-refractivity contribution in [3.05, 3.63) is 75.8 Å². The minimum atomic E-state index is -0.593. The maximum Gasteiger partial charge on any atom is 0.257 e. The number of fused-ring (bicyclic) bond motifs is 2. The lowest BCUT2D eigenvalue weighted by Gasteiger charge is -2.55. The fourth-order valence-corrected chi connectivity index (χ4v) is 10.4. The first-order chi connectivity index (χ1) is 28.6. The molecule has 2 aromatic heterocycles. The number of piperidine rings is 2. The third kappa shape index (κ3) is 6.70. The van der Waals surface area contributed by atoms with Gasteiger partial charge in [-0.1, -0.05) is 6.07 Å². The Morgan fingerprint density at radius 2 is 1.63 bits per heavy atom. The Bertz CT molecular complexity index is 2390. The summed E-state index contributed by atoms with van der Waals surface area (Å²) in [6, 6.07) is 12.1. The van der Waals surface area contributed by atoms with Crippen LogP contribution >= 0.6 is 0 Å². The van der Waals surface area contributed by atoms with Gasteiger partial charge in [-0.05, 0) is 93.1 Å². The number of likely N-dealkylation sites (tertiary alicyclic amines) is 2. The molecule has 0 saturated carbocycles. The third-order valence-electron chi connectivity index (χ3n) is 14.1. The Morgan fingerprint density at radius 3 is 2.31 bits per heavy atom. The van der Waals surface area contributed by atoms with E-state index in [-0.39, 0.29) is 29.7 Å². The van der Waals surface area contributed by atoms with E-state index in [1.54, 1.807) is 31.5 Å². The minimum absolute atomic E-state index is 0.120. The second-order valence-corrected chi connectivity index (χ2v) is 17.8. The van der Waals surface area contributed by atoms with Gasteiger partial charge in [0, 0.05) is 105 Å². The second-order valence-electron chi connectivity index (χ2n) is 17.8. The van der Waals surface area contributed by atoms with Crippen LogP contribution in [-0.4, -0.2) is 121 Å². The quantitative estimate of drug-likeness (QED) is 0.225. The largest absolute Gasteiger partial charge is 0.496 e. The summed E-state index contributed by atoms with van der Waals surface area (Å²) in [6.45, 7) is 11.7. The number of carbonyl (C=O) groups is 3. The zero-order valence-corrected chi connectivity index (χ0v) is 34.1. The lowest BCUT2D eigenvalue weighted by atomic mass is 9.71. The predicted octanol–water partition coefficient (Wildman–Crippen LogP) is 4.00. The summed E-state index contributed by atoms with van der Waals surface area (Å²) in [5.74, 6) is 2.27. The number of methoxy groups -OCH3 is 2. The molecular weight excluding hydrogens is 749 g/mol. The predicted molar refractivity (Wildman–Crippen MR) is 224 cm³/mol. The van der Waals surface area contributed by atoms with E-state index in [0.717, 1.165) is 116 Å². The molecule has 8 heterocycles. The van der Waals surface area contributed by atoms with Crippen LogP contribution in [0.25, 0.3) is 21.9 Å². The number of nitrogens with one attached hydrogen (secondary N) is 2. The van der Waals surface area contributed by atoms with Crippen molar-refractivity contribution in [3.63, 3.8) is 0 Å². The average Bonchev–Trinajstić information content (AvgIpc) is 3.53. The molecule has 5 saturated heterocycles. The van der Waals surface area contributed by atoms with Gasteiger partial charge in [-0.15, -0.1) is 0 Å². The van der Waals surface area contributed by atoms with Gasteiger partial charge < -0.3 is 34.1 Å². The van der Waals surface area contributed by atoms with E-state index < -0.39 is 6.04 Å². The summed E-state index contributed by atoms with van der Waals surface area (Å²) in [6.07, 6.45) is 7.58. The van der Waals surface area contributed by atoms with Gasteiger partial charge in [0.25, 0.3) is 11.5 Å². The van der Waals surface area contributed by atoms with E-state index in [4.69, 9.17) is 9.47 Å². The molecule has 2 N–H and O–H groups in total. The van der Waals surface area contributed by atoms with E-state index in [0.29, 0.717) is 41.3 Å². The maximum absolute atomic E-state index is 13.4. The number of benzene rings is 2. The summed E-state index contributed by atoms with van der Waals surface area (Å²) in [4.78, 5) is 69.2. The van der Waals surface area contributed by atoms with E-state index in [9.17, 15) is 19.2 Å². The molecular formula is C45H52N8O6. The van der Waals surface area contributed by atoms with Gasteiger partial charge >= 0.3 is 0 Å². The normalized spacial score (nSPS) is 23.2. The number of amides is 3.